The highest BCUT2D eigenvalue weighted by Gasteiger charge is 2.54. The SMILES string of the molecule is Cc1nn(C(=O)NC(C(=O)NC2C(=O)N3C(C(=O)O)=C(CSc4nnnn4C)CS[C@@H]23)c2ccccc2)c(=O)o1. The van der Waals surface area contributed by atoms with Gasteiger partial charge in [-0.15, -0.1) is 26.6 Å². The molecule has 2 aliphatic heterocycles. The molecule has 3 amide bonds. The smallest absolute Gasteiger partial charge is 0.446 e. The Labute approximate surface area is 233 Å². The van der Waals surface area contributed by atoms with Crippen LogP contribution in [-0.2, 0) is 21.4 Å². The Hall–Kier alpha value is -4.45. The first kappa shape index (κ1) is 27.1. The van der Waals surface area contributed by atoms with E-state index in [4.69, 9.17) is 4.42 Å². The van der Waals surface area contributed by atoms with E-state index in [2.05, 4.69) is 31.3 Å². The van der Waals surface area contributed by atoms with Crippen LogP contribution >= 0.6 is 23.5 Å². The number of hydrogen-bond donors (Lipinski definition) is 3. The number of nitrogens with one attached hydrogen (secondary N) is 2. The lowest BCUT2D eigenvalue weighted by atomic mass is 10.0. The van der Waals surface area contributed by atoms with E-state index in [1.807, 2.05) is 0 Å². The highest BCUT2D eigenvalue weighted by atomic mass is 32.2. The van der Waals surface area contributed by atoms with Crippen molar-refractivity contribution in [3.05, 3.63) is 63.6 Å². The number of aromatic nitrogens is 6. The van der Waals surface area contributed by atoms with Gasteiger partial charge in [0.1, 0.15) is 23.2 Å². The Bertz CT molecular complexity index is 1580. The van der Waals surface area contributed by atoms with E-state index in [-0.39, 0.29) is 17.3 Å². The number of tetrazole rings is 1. The summed E-state index contributed by atoms with van der Waals surface area (Å²) < 4.78 is 6.65. The van der Waals surface area contributed by atoms with Crippen LogP contribution in [0.3, 0.4) is 0 Å². The number of benzene rings is 1. The number of aliphatic carboxylic acids is 1. The fourth-order valence-corrected chi connectivity index (χ4v) is 6.49. The van der Waals surface area contributed by atoms with Gasteiger partial charge in [0.15, 0.2) is 0 Å². The molecule has 0 radical (unpaired) electrons. The lowest BCUT2D eigenvalue weighted by Gasteiger charge is -2.49. The maximum absolute atomic E-state index is 13.4. The van der Waals surface area contributed by atoms with Gasteiger partial charge < -0.3 is 20.2 Å². The maximum Gasteiger partial charge on any atom is 0.446 e. The highest BCUT2D eigenvalue weighted by Crippen LogP contribution is 2.41. The van der Waals surface area contributed by atoms with Crippen LogP contribution in [0.5, 0.6) is 0 Å². The number of amides is 3. The number of β-lactam (4-membered cyclic amide) rings is 1. The maximum atomic E-state index is 13.4. The minimum atomic E-state index is -1.30. The molecule has 4 heterocycles. The minimum absolute atomic E-state index is 0.0383. The second-order valence-electron chi connectivity index (χ2n) is 8.62. The Morgan fingerprint density at radius 3 is 2.62 bits per heavy atom. The fraction of sp³-hybridized carbons (Fsp3) is 0.318. The summed E-state index contributed by atoms with van der Waals surface area (Å²) in [5.74, 6) is -3.12. The van der Waals surface area contributed by atoms with Crippen molar-refractivity contribution in [2.75, 3.05) is 11.5 Å². The van der Waals surface area contributed by atoms with Crippen LogP contribution in [0.1, 0.15) is 17.5 Å². The van der Waals surface area contributed by atoms with Crippen molar-refractivity contribution >= 4 is 47.3 Å². The molecule has 0 spiro atoms. The number of rotatable bonds is 8. The molecule has 40 heavy (non-hydrogen) atoms. The number of thioether (sulfide) groups is 2. The summed E-state index contributed by atoms with van der Waals surface area (Å²) in [6, 6.07) is 4.87. The van der Waals surface area contributed by atoms with Crippen LogP contribution in [0.15, 0.2) is 56.0 Å². The van der Waals surface area contributed by atoms with Gasteiger partial charge in [0.25, 0.3) is 5.91 Å². The molecule has 2 aromatic heterocycles. The zero-order valence-electron chi connectivity index (χ0n) is 20.9. The second kappa shape index (κ2) is 11.0. The molecular weight excluding hydrogens is 566 g/mol. The number of carboxylic acids is 1. The number of carbonyl (C=O) groups is 4. The normalized spacial score (nSPS) is 19.1. The van der Waals surface area contributed by atoms with Crippen LogP contribution in [0.4, 0.5) is 4.79 Å². The van der Waals surface area contributed by atoms with Gasteiger partial charge in [-0.1, -0.05) is 42.1 Å². The first-order valence-corrected chi connectivity index (χ1v) is 13.7. The molecular formula is C22H21N9O7S2. The van der Waals surface area contributed by atoms with E-state index >= 15 is 0 Å². The van der Waals surface area contributed by atoms with Crippen LogP contribution < -0.4 is 16.4 Å². The van der Waals surface area contributed by atoms with E-state index < -0.39 is 47.0 Å². The monoisotopic (exact) mass is 587 g/mol. The summed E-state index contributed by atoms with van der Waals surface area (Å²) in [5.41, 5.74) is 0.753. The summed E-state index contributed by atoms with van der Waals surface area (Å²) in [5, 5.41) is 29.7. The molecule has 2 unspecified atom stereocenters. The average Bonchev–Trinajstić information content (AvgIpc) is 3.51. The Morgan fingerprint density at radius 2 is 2.00 bits per heavy atom. The zero-order valence-corrected chi connectivity index (χ0v) is 22.5. The molecule has 1 saturated heterocycles. The summed E-state index contributed by atoms with van der Waals surface area (Å²) in [6.07, 6.45) is 0. The van der Waals surface area contributed by atoms with Crippen LogP contribution in [0, 0.1) is 6.92 Å². The summed E-state index contributed by atoms with van der Waals surface area (Å²) in [7, 11) is 1.66. The predicted molar refractivity (Wildman–Crippen MR) is 138 cm³/mol. The van der Waals surface area contributed by atoms with Crippen molar-refractivity contribution in [1.29, 1.82) is 0 Å². The fourth-order valence-electron chi connectivity index (χ4n) is 4.16. The predicted octanol–water partition coefficient (Wildman–Crippen LogP) is -0.502. The summed E-state index contributed by atoms with van der Waals surface area (Å²) in [6.45, 7) is 1.39. The number of carbonyl (C=O) groups excluding carboxylic acids is 3. The molecule has 0 bridgehead atoms. The van der Waals surface area contributed by atoms with Crippen LogP contribution in [0.2, 0.25) is 0 Å². The molecule has 0 saturated carbocycles. The minimum Gasteiger partial charge on any atom is -0.477 e. The third-order valence-electron chi connectivity index (χ3n) is 6.01. The molecule has 1 aromatic carbocycles. The van der Waals surface area contributed by atoms with Crippen LogP contribution in [0.25, 0.3) is 0 Å². The average molecular weight is 588 g/mol. The van der Waals surface area contributed by atoms with Gasteiger partial charge in [0.2, 0.25) is 17.0 Å². The van der Waals surface area contributed by atoms with E-state index in [0.29, 0.717) is 26.7 Å². The molecule has 18 heteroatoms. The van der Waals surface area contributed by atoms with Gasteiger partial charge in [-0.3, -0.25) is 14.5 Å². The standard InChI is InChI=1S/C22H21N9O7S2/c1-10-26-31(22(37)38-10)20(36)24-13(11-6-4-3-5-7-11)16(32)23-14-17(33)30-15(19(34)35)12(8-39-18(14)30)9-40-21-25-27-28-29(21)2/h3-7,13-14,18H,8-9H2,1-2H3,(H,23,32)(H,24,36)(H,34,35)/t13?,14?,18-/m0/s1. The van der Waals surface area contributed by atoms with Gasteiger partial charge in [0, 0.05) is 25.5 Å². The lowest BCUT2D eigenvalue weighted by Crippen LogP contribution is -2.71. The largest absolute Gasteiger partial charge is 0.477 e. The van der Waals surface area contributed by atoms with Gasteiger partial charge in [-0.2, -0.15) is 0 Å². The van der Waals surface area contributed by atoms with E-state index in [1.54, 1.807) is 37.4 Å². The molecule has 208 valence electrons. The lowest BCUT2D eigenvalue weighted by molar-refractivity contribution is -0.151. The third-order valence-corrected chi connectivity index (χ3v) is 8.44. The summed E-state index contributed by atoms with van der Waals surface area (Å²) in [4.78, 5) is 64.4. The molecule has 3 N–H and O–H groups in total. The van der Waals surface area contributed by atoms with Gasteiger partial charge in [-0.25, -0.2) is 19.1 Å². The number of fused-ring (bicyclic) bond motifs is 1. The van der Waals surface area contributed by atoms with Crippen molar-refractivity contribution in [1.82, 2.24) is 45.5 Å². The van der Waals surface area contributed by atoms with Gasteiger partial charge >= 0.3 is 17.8 Å². The van der Waals surface area contributed by atoms with E-state index in [0.717, 1.165) is 4.90 Å². The number of hydrogen-bond acceptors (Lipinski definition) is 12. The number of carboxylic acid groups (broad SMARTS) is 1. The van der Waals surface area contributed by atoms with Crippen molar-refractivity contribution in [2.24, 2.45) is 7.05 Å². The summed E-state index contributed by atoms with van der Waals surface area (Å²) >= 11 is 2.54. The molecule has 16 nitrogen and oxygen atoms in total. The Balaban J connectivity index is 1.33. The Kier molecular flexibility index (Phi) is 7.44. The van der Waals surface area contributed by atoms with Gasteiger partial charge in [0.05, 0.1) is 0 Å². The molecule has 3 atom stereocenters. The third kappa shape index (κ3) is 5.09. The molecule has 0 aliphatic carbocycles. The van der Waals surface area contributed by atoms with Crippen molar-refractivity contribution in [3.8, 4) is 0 Å². The van der Waals surface area contributed by atoms with Crippen LogP contribution in [-0.4, -0.2) is 86.7 Å². The first-order chi connectivity index (χ1) is 19.2. The Morgan fingerprint density at radius 1 is 1.25 bits per heavy atom. The topological polar surface area (TPSA) is 207 Å². The molecule has 1 fully saturated rings. The highest BCUT2D eigenvalue weighted by molar-refractivity contribution is 8.01. The first-order valence-electron chi connectivity index (χ1n) is 11.6. The second-order valence-corrected chi connectivity index (χ2v) is 10.7. The van der Waals surface area contributed by atoms with Gasteiger partial charge in [-0.05, 0) is 21.6 Å². The molecule has 5 rings (SSSR count). The van der Waals surface area contributed by atoms with E-state index in [9.17, 15) is 29.1 Å². The zero-order chi connectivity index (χ0) is 28.6. The van der Waals surface area contributed by atoms with E-state index in [1.165, 1.54) is 35.1 Å². The quantitative estimate of drug-likeness (QED) is 0.225. The van der Waals surface area contributed by atoms with Crippen molar-refractivity contribution in [2.45, 2.75) is 29.5 Å². The molecule has 3 aromatic rings. The number of aryl methyl sites for hydroxylation is 2. The molecule has 2 aliphatic rings. The number of nitrogens with zero attached hydrogens (tertiary/aromatic N) is 7. The van der Waals surface area contributed by atoms with Crippen molar-refractivity contribution < 1.29 is 28.7 Å². The van der Waals surface area contributed by atoms with Crippen molar-refractivity contribution in [3.63, 3.8) is 0 Å².